The lowest BCUT2D eigenvalue weighted by Gasteiger charge is -2.34. The minimum absolute atomic E-state index is 0.132. The van der Waals surface area contributed by atoms with Crippen LogP contribution in [0.3, 0.4) is 0 Å². The van der Waals surface area contributed by atoms with Crippen molar-refractivity contribution in [3.05, 3.63) is 94.6 Å². The number of benzene rings is 2. The Balaban J connectivity index is 1.45. The van der Waals surface area contributed by atoms with E-state index >= 15 is 0 Å². The van der Waals surface area contributed by atoms with Crippen molar-refractivity contribution in [3.63, 3.8) is 0 Å². The van der Waals surface area contributed by atoms with E-state index in [0.29, 0.717) is 0 Å². The summed E-state index contributed by atoms with van der Waals surface area (Å²) in [7, 11) is 0. The highest BCUT2D eigenvalue weighted by atomic mass is 15.3. The van der Waals surface area contributed by atoms with E-state index in [4.69, 9.17) is 10.2 Å². The normalized spacial score (nSPS) is 14.7. The predicted octanol–water partition coefficient (Wildman–Crippen LogP) is 10.7. The van der Waals surface area contributed by atoms with Gasteiger partial charge in [0.05, 0.1) is 28.2 Å². The number of hydrogen-bond donors (Lipinski definition) is 0. The molecule has 1 fully saturated rings. The van der Waals surface area contributed by atoms with Crippen molar-refractivity contribution in [2.45, 2.75) is 142 Å². The average Bonchev–Trinajstić information content (AvgIpc) is 3.77. The zero-order chi connectivity index (χ0) is 30.8. The highest BCUT2D eigenvalue weighted by Crippen LogP contribution is 2.44. The molecule has 44 heavy (non-hydrogen) atoms. The van der Waals surface area contributed by atoms with Gasteiger partial charge in [0.15, 0.2) is 0 Å². The van der Waals surface area contributed by atoms with Gasteiger partial charge in [-0.1, -0.05) is 84.8 Å². The molecule has 2 heterocycles. The van der Waals surface area contributed by atoms with E-state index < -0.39 is 0 Å². The van der Waals surface area contributed by atoms with Crippen LogP contribution in [0.15, 0.2) is 60.9 Å². The van der Waals surface area contributed by atoms with Crippen molar-refractivity contribution in [1.82, 2.24) is 19.6 Å². The molecule has 0 amide bonds. The van der Waals surface area contributed by atoms with E-state index in [1.54, 1.807) is 0 Å². The molecule has 0 spiro atoms. The molecule has 0 unspecified atom stereocenters. The number of aromatic nitrogens is 4. The van der Waals surface area contributed by atoms with E-state index in [0.717, 1.165) is 25.7 Å². The van der Waals surface area contributed by atoms with Gasteiger partial charge in [-0.3, -0.25) is 0 Å². The molecule has 5 rings (SSSR count). The minimum atomic E-state index is -0.132. The SMILES string of the molecule is CCCCc1ccc(-n2ccc(C3(c4ccn(-c5ccc(CCCC)c(CCCC)c5)n4)CCCCC3)n2)cc1CCCC. The van der Waals surface area contributed by atoms with Gasteiger partial charge in [0.2, 0.25) is 0 Å². The van der Waals surface area contributed by atoms with Crippen LogP contribution in [0.5, 0.6) is 0 Å². The molecule has 4 aromatic rings. The molecule has 0 radical (unpaired) electrons. The second-order valence-corrected chi connectivity index (χ2v) is 13.3. The van der Waals surface area contributed by atoms with Gasteiger partial charge < -0.3 is 0 Å². The molecule has 0 aliphatic heterocycles. The highest BCUT2D eigenvalue weighted by Gasteiger charge is 2.40. The van der Waals surface area contributed by atoms with Gasteiger partial charge in [0, 0.05) is 12.4 Å². The molecule has 0 atom stereocenters. The number of unbranched alkanes of at least 4 members (excludes halogenated alkanes) is 4. The Morgan fingerprint density at radius 1 is 0.523 bits per heavy atom. The van der Waals surface area contributed by atoms with Crippen LogP contribution in [0.4, 0.5) is 0 Å². The second-order valence-electron chi connectivity index (χ2n) is 13.3. The monoisotopic (exact) mass is 592 g/mol. The number of rotatable bonds is 16. The van der Waals surface area contributed by atoms with Crippen molar-refractivity contribution >= 4 is 0 Å². The summed E-state index contributed by atoms with van der Waals surface area (Å²) in [5, 5.41) is 10.6. The maximum absolute atomic E-state index is 5.30. The lowest BCUT2D eigenvalue weighted by atomic mass is 9.69. The Morgan fingerprint density at radius 3 is 1.34 bits per heavy atom. The first-order valence-corrected chi connectivity index (χ1v) is 18.0. The van der Waals surface area contributed by atoms with Gasteiger partial charge in [-0.05, 0) is 123 Å². The Hall–Kier alpha value is -3.14. The van der Waals surface area contributed by atoms with Gasteiger partial charge in [0.1, 0.15) is 0 Å². The minimum Gasteiger partial charge on any atom is -0.241 e. The molecule has 0 saturated heterocycles. The Morgan fingerprint density at radius 2 is 0.932 bits per heavy atom. The lowest BCUT2D eigenvalue weighted by Crippen LogP contribution is -2.32. The van der Waals surface area contributed by atoms with Crippen LogP contribution in [-0.2, 0) is 31.1 Å². The van der Waals surface area contributed by atoms with E-state index in [1.165, 1.54) is 128 Å². The molecule has 1 saturated carbocycles. The average molecular weight is 593 g/mol. The quantitative estimate of drug-likeness (QED) is 0.130. The molecule has 236 valence electrons. The summed E-state index contributed by atoms with van der Waals surface area (Å²) in [6.45, 7) is 9.14. The van der Waals surface area contributed by atoms with Gasteiger partial charge in [-0.15, -0.1) is 0 Å². The van der Waals surface area contributed by atoms with Gasteiger partial charge >= 0.3 is 0 Å². The fourth-order valence-electron chi connectivity index (χ4n) is 7.18. The maximum atomic E-state index is 5.30. The Bertz CT molecular complexity index is 1350. The topological polar surface area (TPSA) is 35.6 Å². The van der Waals surface area contributed by atoms with E-state index in [2.05, 4.69) is 98.0 Å². The van der Waals surface area contributed by atoms with Crippen molar-refractivity contribution in [3.8, 4) is 11.4 Å². The smallest absolute Gasteiger partial charge is 0.0751 e. The number of nitrogens with zero attached hydrogens (tertiary/aromatic N) is 4. The van der Waals surface area contributed by atoms with Crippen LogP contribution in [0, 0.1) is 0 Å². The van der Waals surface area contributed by atoms with Gasteiger partial charge in [-0.25, -0.2) is 9.36 Å². The third-order valence-corrected chi connectivity index (χ3v) is 9.97. The summed E-state index contributed by atoms with van der Waals surface area (Å²) < 4.78 is 4.24. The fourth-order valence-corrected chi connectivity index (χ4v) is 7.18. The standard InChI is InChI=1S/C40H56N4/c1-5-9-16-32-20-22-36(30-34(32)18-11-7-3)43-28-24-38(41-43)40(26-14-13-15-27-40)39-25-29-44(42-39)37-23-21-33(17-10-6-2)35(31-37)19-12-8-4/h20-25,28-31H,5-19,26-27H2,1-4H3. The summed E-state index contributed by atoms with van der Waals surface area (Å²) in [5.74, 6) is 0. The largest absolute Gasteiger partial charge is 0.241 e. The first-order chi connectivity index (χ1) is 21.6. The Labute approximate surface area is 267 Å². The second kappa shape index (κ2) is 15.7. The number of aryl methyl sites for hydroxylation is 4. The van der Waals surface area contributed by atoms with Crippen molar-refractivity contribution in [2.75, 3.05) is 0 Å². The molecule has 4 heteroatoms. The highest BCUT2D eigenvalue weighted by molar-refractivity contribution is 5.43. The predicted molar refractivity (Wildman–Crippen MR) is 185 cm³/mol. The van der Waals surface area contributed by atoms with Crippen LogP contribution in [0.1, 0.15) is 145 Å². The van der Waals surface area contributed by atoms with E-state index in [-0.39, 0.29) is 5.41 Å². The summed E-state index contributed by atoms with van der Waals surface area (Å²) in [5.41, 5.74) is 10.6. The molecule has 0 N–H and O–H groups in total. The Kier molecular flexibility index (Phi) is 11.5. The summed E-state index contributed by atoms with van der Waals surface area (Å²) in [4.78, 5) is 0. The summed E-state index contributed by atoms with van der Waals surface area (Å²) >= 11 is 0. The van der Waals surface area contributed by atoms with Crippen LogP contribution in [0.25, 0.3) is 11.4 Å². The molecule has 1 aliphatic rings. The lowest BCUT2D eigenvalue weighted by molar-refractivity contribution is 0.328. The van der Waals surface area contributed by atoms with Gasteiger partial charge in [0.25, 0.3) is 0 Å². The summed E-state index contributed by atoms with van der Waals surface area (Å²) in [6.07, 6.45) is 24.9. The molecule has 4 nitrogen and oxygen atoms in total. The van der Waals surface area contributed by atoms with Crippen LogP contribution in [-0.4, -0.2) is 19.6 Å². The molecule has 2 aromatic carbocycles. The van der Waals surface area contributed by atoms with Crippen LogP contribution in [0.2, 0.25) is 0 Å². The fraction of sp³-hybridized carbons (Fsp3) is 0.550. The molecule has 1 aliphatic carbocycles. The zero-order valence-corrected chi connectivity index (χ0v) is 28.1. The van der Waals surface area contributed by atoms with Crippen molar-refractivity contribution in [1.29, 1.82) is 0 Å². The molecule has 0 bridgehead atoms. The number of hydrogen-bond acceptors (Lipinski definition) is 2. The van der Waals surface area contributed by atoms with E-state index in [9.17, 15) is 0 Å². The molecular formula is C40H56N4. The third kappa shape index (κ3) is 7.38. The van der Waals surface area contributed by atoms with Crippen LogP contribution >= 0.6 is 0 Å². The maximum Gasteiger partial charge on any atom is 0.0751 e. The molecule has 2 aromatic heterocycles. The van der Waals surface area contributed by atoms with Crippen molar-refractivity contribution < 1.29 is 0 Å². The first-order valence-electron chi connectivity index (χ1n) is 18.0. The molecular weight excluding hydrogens is 536 g/mol. The third-order valence-electron chi connectivity index (χ3n) is 9.97. The van der Waals surface area contributed by atoms with Gasteiger partial charge in [-0.2, -0.15) is 10.2 Å². The first kappa shape index (κ1) is 32.3. The van der Waals surface area contributed by atoms with Crippen LogP contribution < -0.4 is 0 Å². The zero-order valence-electron chi connectivity index (χ0n) is 28.1. The summed E-state index contributed by atoms with van der Waals surface area (Å²) in [6, 6.07) is 18.6. The van der Waals surface area contributed by atoms with Crippen molar-refractivity contribution in [2.24, 2.45) is 0 Å². The van der Waals surface area contributed by atoms with E-state index in [1.807, 2.05) is 0 Å².